The summed E-state index contributed by atoms with van der Waals surface area (Å²) in [5.41, 5.74) is 1.69. The molecule has 1 fully saturated rings. The van der Waals surface area contributed by atoms with Crippen molar-refractivity contribution in [3.05, 3.63) is 65.7 Å². The second-order valence-electron chi connectivity index (χ2n) is 9.53. The van der Waals surface area contributed by atoms with Gasteiger partial charge in [0.05, 0.1) is 12.7 Å². The standard InChI is InChI=1S/C27H23F3N4O3S/c1-16(35)33-12-11-26(14-33)15-34(25-31-21-8-10-23(36-2)32-24(21)38-25)22-9-7-19(13-20(22)26)37-18-5-3-17(4-6-18)27(28,29)30/h3-10,13H,11-12,14-15H2,1-2H3. The molecule has 2 aliphatic rings. The number of halogens is 3. The van der Waals surface area contributed by atoms with E-state index in [9.17, 15) is 18.0 Å². The topological polar surface area (TPSA) is 67.8 Å². The second kappa shape index (κ2) is 8.87. The minimum absolute atomic E-state index is 0.0234. The van der Waals surface area contributed by atoms with Gasteiger partial charge < -0.3 is 19.3 Å². The van der Waals surface area contributed by atoms with Gasteiger partial charge in [0.1, 0.15) is 21.8 Å². The molecule has 1 unspecified atom stereocenters. The summed E-state index contributed by atoms with van der Waals surface area (Å²) in [7, 11) is 1.57. The Balaban J connectivity index is 1.37. The van der Waals surface area contributed by atoms with Crippen LogP contribution in [0.25, 0.3) is 10.3 Å². The zero-order chi connectivity index (χ0) is 26.7. The Morgan fingerprint density at radius 1 is 1.03 bits per heavy atom. The maximum Gasteiger partial charge on any atom is 0.416 e. The van der Waals surface area contributed by atoms with Crippen molar-refractivity contribution in [2.45, 2.75) is 24.9 Å². The first-order valence-electron chi connectivity index (χ1n) is 12.0. The number of pyridine rings is 1. The molecule has 196 valence electrons. The van der Waals surface area contributed by atoms with Crippen LogP contribution in [0.5, 0.6) is 17.4 Å². The minimum atomic E-state index is -4.41. The van der Waals surface area contributed by atoms with Gasteiger partial charge in [-0.2, -0.15) is 13.2 Å². The third-order valence-electron chi connectivity index (χ3n) is 7.17. The number of carbonyl (C=O) groups excluding carboxylic acids is 1. The van der Waals surface area contributed by atoms with Crippen LogP contribution in [0, 0.1) is 0 Å². The van der Waals surface area contributed by atoms with Crippen LogP contribution >= 0.6 is 11.3 Å². The van der Waals surface area contributed by atoms with Crippen molar-refractivity contribution in [3.63, 3.8) is 0 Å². The Morgan fingerprint density at radius 2 is 1.79 bits per heavy atom. The fraction of sp³-hybridized carbons (Fsp3) is 0.296. The number of ether oxygens (including phenoxy) is 2. The number of alkyl halides is 3. The lowest BCUT2D eigenvalue weighted by Gasteiger charge is -2.25. The number of thiazole rings is 1. The molecule has 0 saturated carbocycles. The number of methoxy groups -OCH3 is 1. The molecule has 1 saturated heterocycles. The first-order chi connectivity index (χ1) is 18.1. The molecule has 38 heavy (non-hydrogen) atoms. The number of carbonyl (C=O) groups is 1. The highest BCUT2D eigenvalue weighted by Crippen LogP contribution is 2.51. The van der Waals surface area contributed by atoms with E-state index in [0.29, 0.717) is 37.0 Å². The summed E-state index contributed by atoms with van der Waals surface area (Å²) in [6.07, 6.45) is -3.63. The van der Waals surface area contributed by atoms with Gasteiger partial charge in [0.2, 0.25) is 11.8 Å². The number of anilines is 2. The SMILES string of the molecule is COc1ccc2nc(N3CC4(CCN(C(C)=O)C4)c4cc(Oc5ccc(C(F)(F)F)cc5)ccc43)sc2n1. The first kappa shape index (κ1) is 24.5. The Morgan fingerprint density at radius 3 is 2.47 bits per heavy atom. The quantitative estimate of drug-likeness (QED) is 0.309. The molecule has 4 heterocycles. The monoisotopic (exact) mass is 540 g/mol. The molecular formula is C27H23F3N4O3S. The van der Waals surface area contributed by atoms with Crippen LogP contribution < -0.4 is 14.4 Å². The minimum Gasteiger partial charge on any atom is -0.481 e. The van der Waals surface area contributed by atoms with Gasteiger partial charge in [-0.25, -0.2) is 9.97 Å². The van der Waals surface area contributed by atoms with Crippen molar-refractivity contribution >= 4 is 38.4 Å². The maximum absolute atomic E-state index is 12.9. The molecule has 0 bridgehead atoms. The summed E-state index contributed by atoms with van der Waals surface area (Å²) < 4.78 is 50.1. The van der Waals surface area contributed by atoms with Gasteiger partial charge in [-0.15, -0.1) is 0 Å². The van der Waals surface area contributed by atoms with Gasteiger partial charge in [-0.1, -0.05) is 11.3 Å². The summed E-state index contributed by atoms with van der Waals surface area (Å²) in [6.45, 7) is 3.41. The smallest absolute Gasteiger partial charge is 0.416 e. The lowest BCUT2D eigenvalue weighted by molar-refractivity contribution is -0.137. The zero-order valence-corrected chi connectivity index (χ0v) is 21.4. The molecule has 2 aromatic carbocycles. The van der Waals surface area contributed by atoms with Crippen LogP contribution in [0.3, 0.4) is 0 Å². The highest BCUT2D eigenvalue weighted by Gasteiger charge is 2.49. The molecule has 0 aliphatic carbocycles. The van der Waals surface area contributed by atoms with Crippen LogP contribution in [0.4, 0.5) is 24.0 Å². The molecule has 1 amide bonds. The lowest BCUT2D eigenvalue weighted by atomic mass is 9.81. The van der Waals surface area contributed by atoms with Crippen molar-refractivity contribution in [2.75, 3.05) is 31.6 Å². The van der Waals surface area contributed by atoms with E-state index in [1.807, 2.05) is 23.1 Å². The number of nitrogens with zero attached hydrogens (tertiary/aromatic N) is 4. The normalized spacial score (nSPS) is 18.9. The average Bonchev–Trinajstić information content (AvgIpc) is 3.59. The predicted molar refractivity (Wildman–Crippen MR) is 137 cm³/mol. The van der Waals surface area contributed by atoms with Crippen LogP contribution in [0.2, 0.25) is 0 Å². The third-order valence-corrected chi connectivity index (χ3v) is 8.15. The van der Waals surface area contributed by atoms with Crippen molar-refractivity contribution in [1.82, 2.24) is 14.9 Å². The fourth-order valence-electron chi connectivity index (χ4n) is 5.24. The van der Waals surface area contributed by atoms with Crippen LogP contribution in [0.15, 0.2) is 54.6 Å². The van der Waals surface area contributed by atoms with Gasteiger partial charge in [0, 0.05) is 43.7 Å². The van der Waals surface area contributed by atoms with Crippen molar-refractivity contribution in [2.24, 2.45) is 0 Å². The largest absolute Gasteiger partial charge is 0.481 e. The molecule has 7 nitrogen and oxygen atoms in total. The van der Waals surface area contributed by atoms with E-state index in [2.05, 4.69) is 9.88 Å². The molecule has 2 aliphatic heterocycles. The van der Waals surface area contributed by atoms with Gasteiger partial charge in [0.15, 0.2) is 5.13 Å². The Kier molecular flexibility index (Phi) is 5.71. The Bertz CT molecular complexity index is 1540. The van der Waals surface area contributed by atoms with Gasteiger partial charge >= 0.3 is 6.18 Å². The number of hydrogen-bond donors (Lipinski definition) is 0. The number of amides is 1. The van der Waals surface area contributed by atoms with E-state index < -0.39 is 11.7 Å². The van der Waals surface area contributed by atoms with Crippen LogP contribution in [0.1, 0.15) is 24.5 Å². The summed E-state index contributed by atoms with van der Waals surface area (Å²) >= 11 is 1.47. The average molecular weight is 541 g/mol. The summed E-state index contributed by atoms with van der Waals surface area (Å²) in [5, 5.41) is 0.788. The first-order valence-corrected chi connectivity index (χ1v) is 12.8. The summed E-state index contributed by atoms with van der Waals surface area (Å²) in [4.78, 5) is 26.3. The van der Waals surface area contributed by atoms with E-state index >= 15 is 0 Å². The molecule has 2 aromatic heterocycles. The molecule has 4 aromatic rings. The van der Waals surface area contributed by atoms with Crippen LogP contribution in [-0.4, -0.2) is 47.5 Å². The van der Waals surface area contributed by atoms with E-state index in [1.54, 1.807) is 26.2 Å². The zero-order valence-electron chi connectivity index (χ0n) is 20.6. The Labute approximate surface area is 220 Å². The van der Waals surface area contributed by atoms with Crippen molar-refractivity contribution in [1.29, 1.82) is 0 Å². The van der Waals surface area contributed by atoms with Gasteiger partial charge in [-0.3, -0.25) is 4.79 Å². The van der Waals surface area contributed by atoms with Crippen molar-refractivity contribution in [3.8, 4) is 17.4 Å². The molecule has 6 rings (SSSR count). The fourth-order valence-corrected chi connectivity index (χ4v) is 6.18. The highest BCUT2D eigenvalue weighted by atomic mass is 32.1. The molecule has 1 atom stereocenters. The molecule has 0 radical (unpaired) electrons. The number of hydrogen-bond acceptors (Lipinski definition) is 7. The molecular weight excluding hydrogens is 517 g/mol. The number of fused-ring (bicyclic) bond motifs is 3. The number of benzene rings is 2. The number of rotatable bonds is 4. The van der Waals surface area contributed by atoms with Crippen LogP contribution in [-0.2, 0) is 16.4 Å². The van der Waals surface area contributed by atoms with Crippen molar-refractivity contribution < 1.29 is 27.4 Å². The summed E-state index contributed by atoms with van der Waals surface area (Å²) in [5.74, 6) is 1.37. The maximum atomic E-state index is 12.9. The lowest BCUT2D eigenvalue weighted by Crippen LogP contribution is -2.36. The molecule has 11 heteroatoms. The second-order valence-corrected chi connectivity index (χ2v) is 10.5. The van der Waals surface area contributed by atoms with E-state index in [-0.39, 0.29) is 11.3 Å². The third kappa shape index (κ3) is 4.20. The summed E-state index contributed by atoms with van der Waals surface area (Å²) in [6, 6.07) is 14.0. The highest BCUT2D eigenvalue weighted by molar-refractivity contribution is 7.21. The number of aromatic nitrogens is 2. The van der Waals surface area contributed by atoms with E-state index in [0.717, 1.165) is 45.3 Å². The molecule has 0 N–H and O–H groups in total. The van der Waals surface area contributed by atoms with Gasteiger partial charge in [-0.05, 0) is 60.5 Å². The Hall–Kier alpha value is -3.86. The van der Waals surface area contributed by atoms with E-state index in [1.165, 1.54) is 23.5 Å². The van der Waals surface area contributed by atoms with E-state index in [4.69, 9.17) is 14.5 Å². The predicted octanol–water partition coefficient (Wildman–Crippen LogP) is 6.15. The number of likely N-dealkylation sites (tertiary alicyclic amines) is 1. The molecule has 1 spiro atoms. The van der Waals surface area contributed by atoms with Gasteiger partial charge in [0.25, 0.3) is 0 Å².